The van der Waals surface area contributed by atoms with Gasteiger partial charge in [-0.2, -0.15) is 12.6 Å². The van der Waals surface area contributed by atoms with Crippen LogP contribution in [-0.4, -0.2) is 75.6 Å². The van der Waals surface area contributed by atoms with Gasteiger partial charge in [0.1, 0.15) is 6.10 Å². The molecule has 0 aliphatic rings. The van der Waals surface area contributed by atoms with Gasteiger partial charge in [-0.15, -0.1) is 0 Å². The van der Waals surface area contributed by atoms with Crippen LogP contribution in [0.2, 0.25) is 0 Å². The highest BCUT2D eigenvalue weighted by molar-refractivity contribution is 7.80. The molecule has 0 unspecified atom stereocenters. The van der Waals surface area contributed by atoms with Crippen molar-refractivity contribution in [1.29, 1.82) is 0 Å². The van der Waals surface area contributed by atoms with E-state index in [-0.39, 0.29) is 25.3 Å². The molecule has 0 aliphatic heterocycles. The Balaban J connectivity index is 5.17. The summed E-state index contributed by atoms with van der Waals surface area (Å²) >= 11 is 3.98. The summed E-state index contributed by atoms with van der Waals surface area (Å²) in [6.45, 7) is 4.53. The predicted molar refractivity (Wildman–Crippen MR) is 101 cm³/mol. The first kappa shape index (κ1) is 24.8. The SMILES string of the molecule is CCC[C@H](O)CC(=O)N(CCC(=O)NCCS)C(=O)[C@H](O)C(C)(C)CO. The predicted octanol–water partition coefficient (Wildman–Crippen LogP) is -0.292. The van der Waals surface area contributed by atoms with Crippen molar-refractivity contribution >= 4 is 30.4 Å². The summed E-state index contributed by atoms with van der Waals surface area (Å²) < 4.78 is 0. The molecule has 0 fully saturated rings. The molecule has 0 rings (SSSR count). The Morgan fingerprint density at radius 1 is 1.23 bits per heavy atom. The van der Waals surface area contributed by atoms with Crippen molar-refractivity contribution in [3.8, 4) is 0 Å². The van der Waals surface area contributed by atoms with Crippen molar-refractivity contribution in [2.75, 3.05) is 25.4 Å². The lowest BCUT2D eigenvalue weighted by Gasteiger charge is -2.31. The van der Waals surface area contributed by atoms with Crippen molar-refractivity contribution in [2.24, 2.45) is 5.41 Å². The van der Waals surface area contributed by atoms with Crippen LogP contribution in [0.25, 0.3) is 0 Å². The molecule has 4 N–H and O–H groups in total. The third kappa shape index (κ3) is 8.48. The summed E-state index contributed by atoms with van der Waals surface area (Å²) in [7, 11) is 0. The van der Waals surface area contributed by atoms with E-state index in [1.54, 1.807) is 0 Å². The number of amides is 3. The maximum atomic E-state index is 12.6. The Kier molecular flexibility index (Phi) is 11.7. The summed E-state index contributed by atoms with van der Waals surface area (Å²) in [5.41, 5.74) is -1.15. The van der Waals surface area contributed by atoms with E-state index < -0.39 is 36.0 Å². The molecule has 152 valence electrons. The number of hydrogen-bond donors (Lipinski definition) is 5. The zero-order chi connectivity index (χ0) is 20.3. The molecule has 0 aromatic carbocycles. The monoisotopic (exact) mass is 392 g/mol. The molecular weight excluding hydrogens is 360 g/mol. The van der Waals surface area contributed by atoms with Crippen LogP contribution < -0.4 is 5.32 Å². The summed E-state index contributed by atoms with van der Waals surface area (Å²) in [5, 5.41) is 32.0. The molecule has 0 spiro atoms. The molecule has 3 amide bonds. The third-order valence-corrected chi connectivity index (χ3v) is 4.20. The first-order valence-corrected chi connectivity index (χ1v) is 9.42. The zero-order valence-corrected chi connectivity index (χ0v) is 16.7. The largest absolute Gasteiger partial charge is 0.396 e. The maximum Gasteiger partial charge on any atom is 0.258 e. The Morgan fingerprint density at radius 2 is 1.85 bits per heavy atom. The molecule has 0 bridgehead atoms. The van der Waals surface area contributed by atoms with Gasteiger partial charge in [0.15, 0.2) is 0 Å². The van der Waals surface area contributed by atoms with Crippen molar-refractivity contribution in [2.45, 2.75) is 58.7 Å². The first-order valence-electron chi connectivity index (χ1n) is 8.79. The van der Waals surface area contributed by atoms with E-state index in [9.17, 15) is 29.7 Å². The number of carbonyl (C=O) groups is 3. The Hall–Kier alpha value is -1.16. The van der Waals surface area contributed by atoms with Crippen molar-refractivity contribution in [3.63, 3.8) is 0 Å². The van der Waals surface area contributed by atoms with Crippen LogP contribution >= 0.6 is 12.6 Å². The zero-order valence-electron chi connectivity index (χ0n) is 15.8. The fourth-order valence-corrected chi connectivity index (χ4v) is 2.28. The number of imide groups is 1. The second-order valence-corrected chi connectivity index (χ2v) is 7.35. The third-order valence-electron chi connectivity index (χ3n) is 3.98. The minimum atomic E-state index is -1.61. The Bertz CT molecular complexity index is 472. The lowest BCUT2D eigenvalue weighted by molar-refractivity contribution is -0.157. The van der Waals surface area contributed by atoms with Gasteiger partial charge in [-0.25, -0.2) is 0 Å². The second kappa shape index (κ2) is 12.3. The van der Waals surface area contributed by atoms with Gasteiger partial charge in [0, 0.05) is 30.7 Å². The quantitative estimate of drug-likeness (QED) is 0.290. The summed E-state index contributed by atoms with van der Waals surface area (Å²) in [5.74, 6) is -1.44. The smallest absolute Gasteiger partial charge is 0.258 e. The second-order valence-electron chi connectivity index (χ2n) is 6.90. The van der Waals surface area contributed by atoms with Gasteiger partial charge in [-0.3, -0.25) is 19.3 Å². The molecule has 26 heavy (non-hydrogen) atoms. The van der Waals surface area contributed by atoms with Gasteiger partial charge in [0.2, 0.25) is 11.8 Å². The van der Waals surface area contributed by atoms with Crippen LogP contribution in [0, 0.1) is 5.41 Å². The van der Waals surface area contributed by atoms with Crippen molar-refractivity contribution < 1.29 is 29.7 Å². The van der Waals surface area contributed by atoms with E-state index in [0.29, 0.717) is 25.1 Å². The van der Waals surface area contributed by atoms with Crippen LogP contribution in [0.1, 0.15) is 46.5 Å². The van der Waals surface area contributed by atoms with E-state index in [2.05, 4.69) is 17.9 Å². The van der Waals surface area contributed by atoms with E-state index in [1.807, 2.05) is 6.92 Å². The number of hydrogen-bond acceptors (Lipinski definition) is 7. The lowest BCUT2D eigenvalue weighted by atomic mass is 9.86. The molecule has 2 atom stereocenters. The normalized spacial score (nSPS) is 13.8. The number of rotatable bonds is 12. The van der Waals surface area contributed by atoms with E-state index >= 15 is 0 Å². The molecular formula is C17H32N2O6S. The van der Waals surface area contributed by atoms with Crippen molar-refractivity contribution in [3.05, 3.63) is 0 Å². The molecule has 0 aliphatic carbocycles. The highest BCUT2D eigenvalue weighted by Crippen LogP contribution is 2.22. The van der Waals surface area contributed by atoms with Gasteiger partial charge >= 0.3 is 0 Å². The van der Waals surface area contributed by atoms with Gasteiger partial charge in [-0.1, -0.05) is 27.2 Å². The molecule has 0 aromatic heterocycles. The van der Waals surface area contributed by atoms with Crippen LogP contribution in [0.5, 0.6) is 0 Å². The number of thiol groups is 1. The molecule has 0 aromatic rings. The van der Waals surface area contributed by atoms with Crippen LogP contribution in [0.15, 0.2) is 0 Å². The fourth-order valence-electron chi connectivity index (χ4n) is 2.17. The van der Waals surface area contributed by atoms with Gasteiger partial charge in [0.05, 0.1) is 19.1 Å². The number of nitrogens with zero attached hydrogens (tertiary/aromatic N) is 1. The van der Waals surface area contributed by atoms with E-state index in [4.69, 9.17) is 0 Å². The number of aliphatic hydroxyl groups is 3. The highest BCUT2D eigenvalue weighted by atomic mass is 32.1. The molecule has 0 saturated carbocycles. The summed E-state index contributed by atoms with van der Waals surface area (Å²) in [6.07, 6.45) is -1.83. The van der Waals surface area contributed by atoms with Gasteiger partial charge < -0.3 is 20.6 Å². The van der Waals surface area contributed by atoms with E-state index in [1.165, 1.54) is 13.8 Å². The highest BCUT2D eigenvalue weighted by Gasteiger charge is 2.38. The van der Waals surface area contributed by atoms with Crippen LogP contribution in [0.4, 0.5) is 0 Å². The average molecular weight is 393 g/mol. The standard InChI is InChI=1S/C17H32N2O6S/c1-4-5-12(21)10-14(23)19(8-6-13(22)18-7-9-26)16(25)15(24)17(2,3)11-20/h12,15,20-21,24,26H,4-11H2,1-3H3,(H,18,22)/t12-,15-/m0/s1. The first-order chi connectivity index (χ1) is 12.1. The van der Waals surface area contributed by atoms with Crippen LogP contribution in [-0.2, 0) is 14.4 Å². The maximum absolute atomic E-state index is 12.6. The average Bonchev–Trinajstić information content (AvgIpc) is 2.59. The Labute approximate surface area is 160 Å². The number of aliphatic hydroxyl groups excluding tert-OH is 3. The van der Waals surface area contributed by atoms with Gasteiger partial charge in [0.25, 0.3) is 5.91 Å². The van der Waals surface area contributed by atoms with Crippen molar-refractivity contribution in [1.82, 2.24) is 10.2 Å². The molecule has 0 radical (unpaired) electrons. The minimum Gasteiger partial charge on any atom is -0.396 e. The summed E-state index contributed by atoms with van der Waals surface area (Å²) in [4.78, 5) is 37.6. The summed E-state index contributed by atoms with van der Waals surface area (Å²) in [6, 6.07) is 0. The van der Waals surface area contributed by atoms with Gasteiger partial charge in [-0.05, 0) is 6.42 Å². The number of carbonyl (C=O) groups excluding carboxylic acids is 3. The Morgan fingerprint density at radius 3 is 2.35 bits per heavy atom. The molecule has 9 heteroatoms. The topological polar surface area (TPSA) is 127 Å². The number of nitrogens with one attached hydrogen (secondary N) is 1. The molecule has 0 heterocycles. The minimum absolute atomic E-state index is 0.124. The molecule has 0 saturated heterocycles. The lowest BCUT2D eigenvalue weighted by Crippen LogP contribution is -2.51. The van der Waals surface area contributed by atoms with Crippen LogP contribution in [0.3, 0.4) is 0 Å². The fraction of sp³-hybridized carbons (Fsp3) is 0.824. The van der Waals surface area contributed by atoms with E-state index in [0.717, 1.165) is 4.90 Å². The molecule has 8 nitrogen and oxygen atoms in total.